The first kappa shape index (κ1) is 9.56. The summed E-state index contributed by atoms with van der Waals surface area (Å²) in [5.74, 6) is 0. The van der Waals surface area contributed by atoms with Gasteiger partial charge in [-0.05, 0) is 38.6 Å². The molecule has 0 unspecified atom stereocenters. The largest absolute Gasteiger partial charge is 0.319 e. The number of likely N-dealkylation sites (N-methyl/N-ethyl adjacent to an activating group) is 1. The Hall–Kier alpha value is -0.530. The summed E-state index contributed by atoms with van der Waals surface area (Å²) in [5, 5.41) is 3.98. The first-order chi connectivity index (χ1) is 5.74. The number of rotatable bonds is 3. The van der Waals surface area contributed by atoms with E-state index in [2.05, 4.69) is 18.3 Å². The van der Waals surface area contributed by atoms with Crippen LogP contribution in [0.2, 0.25) is 5.02 Å². The van der Waals surface area contributed by atoms with Gasteiger partial charge in [0, 0.05) is 5.02 Å². The quantitative estimate of drug-likeness (QED) is 0.759. The average molecular weight is 184 g/mol. The van der Waals surface area contributed by atoms with E-state index in [-0.39, 0.29) is 0 Å². The fourth-order valence-electron chi connectivity index (χ4n) is 1.15. The van der Waals surface area contributed by atoms with Crippen molar-refractivity contribution >= 4 is 11.6 Å². The smallest absolute Gasteiger partial charge is 0.0438 e. The number of benzene rings is 1. The van der Waals surface area contributed by atoms with Gasteiger partial charge in [0.1, 0.15) is 0 Å². The molecule has 0 atom stereocenters. The fraction of sp³-hybridized carbons (Fsp3) is 0.400. The monoisotopic (exact) mass is 183 g/mol. The normalized spacial score (nSPS) is 10.2. The van der Waals surface area contributed by atoms with E-state index in [0.717, 1.165) is 18.0 Å². The minimum absolute atomic E-state index is 0.871. The van der Waals surface area contributed by atoms with Crippen molar-refractivity contribution in [1.29, 1.82) is 0 Å². The zero-order valence-electron chi connectivity index (χ0n) is 7.52. The molecule has 0 saturated heterocycles. The lowest BCUT2D eigenvalue weighted by Crippen LogP contribution is -2.10. The molecule has 2 heteroatoms. The molecule has 66 valence electrons. The van der Waals surface area contributed by atoms with Crippen molar-refractivity contribution in [2.45, 2.75) is 13.3 Å². The number of nitrogens with one attached hydrogen (secondary N) is 1. The molecule has 0 saturated carbocycles. The van der Waals surface area contributed by atoms with Crippen LogP contribution in [0, 0.1) is 6.92 Å². The molecule has 1 nitrogen and oxygen atoms in total. The van der Waals surface area contributed by atoms with E-state index in [1.807, 2.05) is 19.2 Å². The second-order valence-electron chi connectivity index (χ2n) is 2.95. The number of hydrogen-bond acceptors (Lipinski definition) is 1. The summed E-state index contributed by atoms with van der Waals surface area (Å²) in [6.45, 7) is 3.06. The van der Waals surface area contributed by atoms with Gasteiger partial charge in [-0.2, -0.15) is 0 Å². The Bertz CT molecular complexity index is 258. The summed E-state index contributed by atoms with van der Waals surface area (Å²) < 4.78 is 0. The third-order valence-corrected chi connectivity index (χ3v) is 2.21. The lowest BCUT2D eigenvalue weighted by molar-refractivity contribution is 0.791. The fourth-order valence-corrected chi connectivity index (χ4v) is 1.37. The molecule has 1 aromatic rings. The third kappa shape index (κ3) is 2.50. The van der Waals surface area contributed by atoms with Crippen LogP contribution in [-0.2, 0) is 6.42 Å². The van der Waals surface area contributed by atoms with E-state index >= 15 is 0 Å². The van der Waals surface area contributed by atoms with Gasteiger partial charge < -0.3 is 5.32 Å². The molecule has 0 bridgehead atoms. The molecular formula is C10H14ClN. The molecule has 0 amide bonds. The van der Waals surface area contributed by atoms with Crippen LogP contribution in [0.1, 0.15) is 11.1 Å². The molecule has 0 fully saturated rings. The van der Waals surface area contributed by atoms with Crippen LogP contribution in [0.5, 0.6) is 0 Å². The Morgan fingerprint density at radius 2 is 2.17 bits per heavy atom. The zero-order valence-corrected chi connectivity index (χ0v) is 8.28. The second-order valence-corrected chi connectivity index (χ2v) is 3.36. The minimum atomic E-state index is 0.871. The van der Waals surface area contributed by atoms with Crippen molar-refractivity contribution in [3.8, 4) is 0 Å². The Balaban J connectivity index is 2.75. The van der Waals surface area contributed by atoms with Gasteiger partial charge in [0.05, 0.1) is 0 Å². The first-order valence-electron chi connectivity index (χ1n) is 4.13. The SMILES string of the molecule is CNCCc1cc(C)ccc1Cl. The van der Waals surface area contributed by atoms with Crippen LogP contribution in [0.15, 0.2) is 18.2 Å². The third-order valence-electron chi connectivity index (χ3n) is 1.85. The highest BCUT2D eigenvalue weighted by molar-refractivity contribution is 6.31. The summed E-state index contributed by atoms with van der Waals surface area (Å²) in [6.07, 6.45) is 0.997. The molecule has 1 N–H and O–H groups in total. The lowest BCUT2D eigenvalue weighted by Gasteiger charge is -2.04. The van der Waals surface area contributed by atoms with Crippen LogP contribution in [0.4, 0.5) is 0 Å². The summed E-state index contributed by atoms with van der Waals surface area (Å²) in [4.78, 5) is 0. The van der Waals surface area contributed by atoms with Gasteiger partial charge in [-0.15, -0.1) is 0 Å². The van der Waals surface area contributed by atoms with E-state index in [1.54, 1.807) is 0 Å². The average Bonchev–Trinajstić information content (AvgIpc) is 2.07. The van der Waals surface area contributed by atoms with Crippen LogP contribution in [0.3, 0.4) is 0 Å². The van der Waals surface area contributed by atoms with Crippen molar-refractivity contribution in [1.82, 2.24) is 5.32 Å². The molecule has 1 aromatic carbocycles. The van der Waals surface area contributed by atoms with E-state index in [9.17, 15) is 0 Å². The molecule has 0 heterocycles. The summed E-state index contributed by atoms with van der Waals surface area (Å²) in [5.41, 5.74) is 2.50. The maximum atomic E-state index is 6.00. The van der Waals surface area contributed by atoms with E-state index in [0.29, 0.717) is 0 Å². The first-order valence-corrected chi connectivity index (χ1v) is 4.51. The predicted molar refractivity (Wildman–Crippen MR) is 53.8 cm³/mol. The lowest BCUT2D eigenvalue weighted by atomic mass is 10.1. The molecule has 12 heavy (non-hydrogen) atoms. The highest BCUT2D eigenvalue weighted by Gasteiger charge is 1.98. The Labute approximate surface area is 78.7 Å². The number of halogens is 1. The van der Waals surface area contributed by atoms with E-state index in [1.165, 1.54) is 11.1 Å². The molecule has 0 aliphatic rings. The van der Waals surface area contributed by atoms with Gasteiger partial charge in [-0.3, -0.25) is 0 Å². The van der Waals surface area contributed by atoms with Crippen LogP contribution < -0.4 is 5.32 Å². The molecule has 1 rings (SSSR count). The van der Waals surface area contributed by atoms with Crippen LogP contribution in [0.25, 0.3) is 0 Å². The topological polar surface area (TPSA) is 12.0 Å². The van der Waals surface area contributed by atoms with Crippen molar-refractivity contribution in [3.63, 3.8) is 0 Å². The minimum Gasteiger partial charge on any atom is -0.319 e. The number of hydrogen-bond donors (Lipinski definition) is 1. The maximum Gasteiger partial charge on any atom is 0.0438 e. The zero-order chi connectivity index (χ0) is 8.97. The molecule has 0 aliphatic heterocycles. The molecule has 0 spiro atoms. The standard InChI is InChI=1S/C10H14ClN/c1-8-3-4-10(11)9(7-8)5-6-12-2/h3-4,7,12H,5-6H2,1-2H3. The van der Waals surface area contributed by atoms with Gasteiger partial charge in [-0.25, -0.2) is 0 Å². The summed E-state index contributed by atoms with van der Waals surface area (Å²) in [7, 11) is 1.95. The molecular weight excluding hydrogens is 170 g/mol. The molecule has 0 radical (unpaired) electrons. The van der Waals surface area contributed by atoms with Crippen molar-refractivity contribution in [3.05, 3.63) is 34.3 Å². The Kier molecular flexibility index (Phi) is 3.57. The summed E-state index contributed by atoms with van der Waals surface area (Å²) in [6, 6.07) is 6.13. The number of aryl methyl sites for hydroxylation is 1. The van der Waals surface area contributed by atoms with Crippen molar-refractivity contribution < 1.29 is 0 Å². The van der Waals surface area contributed by atoms with Crippen molar-refractivity contribution in [2.24, 2.45) is 0 Å². The Morgan fingerprint density at radius 3 is 2.83 bits per heavy atom. The highest BCUT2D eigenvalue weighted by Crippen LogP contribution is 2.17. The van der Waals surface area contributed by atoms with Gasteiger partial charge in [0.25, 0.3) is 0 Å². The van der Waals surface area contributed by atoms with Gasteiger partial charge in [0.15, 0.2) is 0 Å². The van der Waals surface area contributed by atoms with Gasteiger partial charge >= 0.3 is 0 Å². The maximum absolute atomic E-state index is 6.00. The van der Waals surface area contributed by atoms with E-state index in [4.69, 9.17) is 11.6 Å². The van der Waals surface area contributed by atoms with Crippen molar-refractivity contribution in [2.75, 3.05) is 13.6 Å². The van der Waals surface area contributed by atoms with Gasteiger partial charge in [0.2, 0.25) is 0 Å². The second kappa shape index (κ2) is 4.48. The summed E-state index contributed by atoms with van der Waals surface area (Å²) >= 11 is 6.00. The van der Waals surface area contributed by atoms with E-state index < -0.39 is 0 Å². The van der Waals surface area contributed by atoms with Crippen LogP contribution >= 0.6 is 11.6 Å². The Morgan fingerprint density at radius 1 is 1.42 bits per heavy atom. The van der Waals surface area contributed by atoms with Crippen LogP contribution in [-0.4, -0.2) is 13.6 Å². The van der Waals surface area contributed by atoms with Gasteiger partial charge in [-0.1, -0.05) is 29.3 Å². The molecule has 0 aromatic heterocycles. The molecule has 0 aliphatic carbocycles. The highest BCUT2D eigenvalue weighted by atomic mass is 35.5. The predicted octanol–water partition coefficient (Wildman–Crippen LogP) is 2.41.